The van der Waals surface area contributed by atoms with E-state index in [4.69, 9.17) is 5.73 Å². The van der Waals surface area contributed by atoms with Crippen molar-refractivity contribution in [3.63, 3.8) is 0 Å². The highest BCUT2D eigenvalue weighted by Gasteiger charge is 2.40. The minimum absolute atomic E-state index is 0.144. The molecule has 0 aliphatic rings. The third-order valence-electron chi connectivity index (χ3n) is 5.82. The number of nitrogen functional groups attached to an aromatic ring is 1. The number of aromatic nitrogens is 5. The molecule has 0 aliphatic carbocycles. The first kappa shape index (κ1) is 25.8. The monoisotopic (exact) mass is 521 g/mol. The summed E-state index contributed by atoms with van der Waals surface area (Å²) in [5.41, 5.74) is 2.79. The lowest BCUT2D eigenvalue weighted by molar-refractivity contribution is -0.137. The summed E-state index contributed by atoms with van der Waals surface area (Å²) in [6, 6.07) is 5.42. The molecule has 0 spiro atoms. The summed E-state index contributed by atoms with van der Waals surface area (Å²) in [6.45, 7) is 1.05. The van der Waals surface area contributed by atoms with E-state index in [9.17, 15) is 31.9 Å². The van der Waals surface area contributed by atoms with Crippen LogP contribution in [0.5, 0.6) is 0 Å². The second kappa shape index (κ2) is 9.61. The summed E-state index contributed by atoms with van der Waals surface area (Å²) in [4.78, 5) is 16.8. The fraction of sp³-hybridized carbons (Fsp3) is 0.217. The van der Waals surface area contributed by atoms with E-state index < -0.39 is 40.9 Å². The van der Waals surface area contributed by atoms with Gasteiger partial charge in [0.15, 0.2) is 0 Å². The van der Waals surface area contributed by atoms with Gasteiger partial charge in [0.25, 0.3) is 5.91 Å². The van der Waals surface area contributed by atoms with Gasteiger partial charge in [-0.1, -0.05) is 6.07 Å². The molecule has 0 radical (unpaired) electrons. The van der Waals surface area contributed by atoms with E-state index in [1.54, 1.807) is 0 Å². The first-order valence-electron chi connectivity index (χ1n) is 10.7. The number of hydrogen-bond acceptors (Lipinski definition) is 6. The largest absolute Gasteiger partial charge is 0.416 e. The maximum absolute atomic E-state index is 14.7. The number of alkyl halides is 3. The van der Waals surface area contributed by atoms with Crippen molar-refractivity contribution in [2.24, 2.45) is 0 Å². The molecule has 9 nitrogen and oxygen atoms in total. The zero-order chi connectivity index (χ0) is 27.0. The van der Waals surface area contributed by atoms with Crippen molar-refractivity contribution in [3.05, 3.63) is 89.6 Å². The van der Waals surface area contributed by atoms with E-state index in [1.807, 2.05) is 0 Å². The van der Waals surface area contributed by atoms with E-state index in [0.717, 1.165) is 47.3 Å². The zero-order valence-electron chi connectivity index (χ0n) is 19.1. The molecule has 2 unspecified atom stereocenters. The maximum atomic E-state index is 14.7. The topological polar surface area (TPSA) is 124 Å². The predicted molar refractivity (Wildman–Crippen MR) is 120 cm³/mol. The van der Waals surface area contributed by atoms with Crippen molar-refractivity contribution in [1.82, 2.24) is 29.9 Å². The number of nitrogens with zero attached hydrogens (tertiary/aromatic N) is 5. The summed E-state index contributed by atoms with van der Waals surface area (Å²) < 4.78 is 69.0. The van der Waals surface area contributed by atoms with Crippen LogP contribution in [0.3, 0.4) is 0 Å². The Labute approximate surface area is 206 Å². The number of nitrogens with two attached hydrogens (primary N) is 1. The highest BCUT2D eigenvalue weighted by atomic mass is 19.4. The number of anilines is 1. The van der Waals surface area contributed by atoms with Crippen molar-refractivity contribution in [2.45, 2.75) is 31.3 Å². The summed E-state index contributed by atoms with van der Waals surface area (Å²) in [5.74, 6) is -2.89. The van der Waals surface area contributed by atoms with Crippen LogP contribution in [0.4, 0.5) is 27.8 Å². The number of benzene rings is 2. The number of halogens is 5. The SMILES string of the molecule is CC(NC(=O)c1cnn(-c2ccc(C(F)(F)F)cc2)c1N)C(O)(Cn1cncn1)c1ccc(F)cc1F. The fourth-order valence-electron chi connectivity index (χ4n) is 3.78. The number of rotatable bonds is 7. The standard InChI is InChI=1S/C23H20F5N7O2/c1-13(22(37,10-34-12-30-11-32-34)18-7-4-15(24)8-19(18)25)33-21(36)17-9-31-35(20(17)29)16-5-2-14(3-6-16)23(26,27)28/h2-9,11-13,37H,10,29H2,1H3,(H,33,36). The van der Waals surface area contributed by atoms with Crippen molar-refractivity contribution < 1.29 is 31.9 Å². The van der Waals surface area contributed by atoms with E-state index >= 15 is 0 Å². The minimum atomic E-state index is -4.53. The third-order valence-corrected chi connectivity index (χ3v) is 5.82. The molecular weight excluding hydrogens is 501 g/mol. The van der Waals surface area contributed by atoms with Gasteiger partial charge in [0, 0.05) is 11.6 Å². The minimum Gasteiger partial charge on any atom is -0.383 e. The quantitative estimate of drug-likeness (QED) is 0.321. The van der Waals surface area contributed by atoms with Gasteiger partial charge in [0.05, 0.1) is 30.0 Å². The van der Waals surface area contributed by atoms with Crippen LogP contribution in [0.15, 0.2) is 61.3 Å². The van der Waals surface area contributed by atoms with Gasteiger partial charge in [0.1, 0.15) is 41.3 Å². The molecule has 2 heterocycles. The first-order chi connectivity index (χ1) is 17.4. The van der Waals surface area contributed by atoms with Crippen molar-refractivity contribution in [1.29, 1.82) is 0 Å². The number of carbonyl (C=O) groups excluding carboxylic acids is 1. The van der Waals surface area contributed by atoms with Crippen LogP contribution in [-0.4, -0.2) is 41.6 Å². The molecule has 14 heteroatoms. The molecular formula is C23H20F5N7O2. The van der Waals surface area contributed by atoms with Crippen LogP contribution in [0.2, 0.25) is 0 Å². The van der Waals surface area contributed by atoms with Gasteiger partial charge in [-0.05, 0) is 37.3 Å². The highest BCUT2D eigenvalue weighted by Crippen LogP contribution is 2.32. The first-order valence-corrected chi connectivity index (χ1v) is 10.7. The van der Waals surface area contributed by atoms with Crippen LogP contribution in [0, 0.1) is 11.6 Å². The summed E-state index contributed by atoms with van der Waals surface area (Å²) in [6.07, 6.45) is -0.958. The molecule has 4 rings (SSSR count). The van der Waals surface area contributed by atoms with Gasteiger partial charge < -0.3 is 16.2 Å². The van der Waals surface area contributed by atoms with Crippen LogP contribution in [0.25, 0.3) is 5.69 Å². The number of amides is 1. The normalized spacial score (nSPS) is 14.2. The Kier molecular flexibility index (Phi) is 6.69. The average Bonchev–Trinajstić information content (AvgIpc) is 3.47. The van der Waals surface area contributed by atoms with Gasteiger partial charge in [-0.25, -0.2) is 23.1 Å². The molecule has 2 aromatic carbocycles. The fourth-order valence-corrected chi connectivity index (χ4v) is 3.78. The Balaban J connectivity index is 1.61. The second-order valence-corrected chi connectivity index (χ2v) is 8.24. The number of carbonyl (C=O) groups is 1. The Morgan fingerprint density at radius 2 is 1.84 bits per heavy atom. The molecule has 4 aromatic rings. The maximum Gasteiger partial charge on any atom is 0.416 e. The molecule has 0 bridgehead atoms. The van der Waals surface area contributed by atoms with E-state index in [0.29, 0.717) is 6.07 Å². The van der Waals surface area contributed by atoms with E-state index in [1.165, 1.54) is 24.3 Å². The molecule has 0 aliphatic heterocycles. The molecule has 37 heavy (non-hydrogen) atoms. The van der Waals surface area contributed by atoms with Crippen LogP contribution in [0.1, 0.15) is 28.4 Å². The van der Waals surface area contributed by atoms with Crippen molar-refractivity contribution in [3.8, 4) is 5.69 Å². The number of hydrogen-bond donors (Lipinski definition) is 3. The zero-order valence-corrected chi connectivity index (χ0v) is 19.1. The van der Waals surface area contributed by atoms with Gasteiger partial charge in [-0.3, -0.25) is 4.79 Å². The van der Waals surface area contributed by atoms with Gasteiger partial charge >= 0.3 is 6.18 Å². The van der Waals surface area contributed by atoms with Gasteiger partial charge in [0.2, 0.25) is 0 Å². The summed E-state index contributed by atoms with van der Waals surface area (Å²) in [7, 11) is 0. The molecule has 194 valence electrons. The molecule has 2 aromatic heterocycles. The lowest BCUT2D eigenvalue weighted by Gasteiger charge is -2.35. The Bertz CT molecular complexity index is 1400. The van der Waals surface area contributed by atoms with Crippen molar-refractivity contribution >= 4 is 11.7 Å². The average molecular weight is 521 g/mol. The van der Waals surface area contributed by atoms with Gasteiger partial charge in [-0.2, -0.15) is 23.4 Å². The molecule has 4 N–H and O–H groups in total. The lowest BCUT2D eigenvalue weighted by Crippen LogP contribution is -2.52. The third kappa shape index (κ3) is 5.14. The van der Waals surface area contributed by atoms with Crippen molar-refractivity contribution in [2.75, 3.05) is 5.73 Å². The molecule has 1 amide bonds. The van der Waals surface area contributed by atoms with E-state index in [-0.39, 0.29) is 29.2 Å². The van der Waals surface area contributed by atoms with Crippen LogP contribution in [-0.2, 0) is 18.3 Å². The summed E-state index contributed by atoms with van der Waals surface area (Å²) >= 11 is 0. The molecule has 0 saturated carbocycles. The molecule has 2 atom stereocenters. The van der Waals surface area contributed by atoms with E-state index in [2.05, 4.69) is 20.5 Å². The predicted octanol–water partition coefficient (Wildman–Crippen LogP) is 3.05. The smallest absolute Gasteiger partial charge is 0.383 e. The molecule has 0 saturated heterocycles. The second-order valence-electron chi connectivity index (χ2n) is 8.24. The number of aliphatic hydroxyl groups is 1. The Hall–Kier alpha value is -4.33. The summed E-state index contributed by atoms with van der Waals surface area (Å²) in [5, 5.41) is 21.9. The Morgan fingerprint density at radius 1 is 1.14 bits per heavy atom. The van der Waals surface area contributed by atoms with Crippen LogP contribution >= 0.6 is 0 Å². The molecule has 0 fully saturated rings. The lowest BCUT2D eigenvalue weighted by atomic mass is 9.86. The number of nitrogens with one attached hydrogen (secondary N) is 1. The Morgan fingerprint density at radius 3 is 2.43 bits per heavy atom. The van der Waals surface area contributed by atoms with Gasteiger partial charge in [-0.15, -0.1) is 0 Å². The van der Waals surface area contributed by atoms with Crippen LogP contribution < -0.4 is 11.1 Å². The highest BCUT2D eigenvalue weighted by molar-refractivity contribution is 5.98.